The fraction of sp³-hybridized carbons (Fsp3) is 0.304. The molecule has 0 aliphatic carbocycles. The van der Waals surface area contributed by atoms with Crippen LogP contribution >= 0.6 is 23.4 Å². The number of hydrazone groups is 1. The molecule has 176 valence electrons. The van der Waals surface area contributed by atoms with E-state index in [9.17, 15) is 14.9 Å². The molecule has 0 fully saturated rings. The Morgan fingerprint density at radius 1 is 1.26 bits per heavy atom. The fourth-order valence-electron chi connectivity index (χ4n) is 4.08. The Balaban J connectivity index is 1.73. The molecule has 2 aliphatic heterocycles. The number of rotatable bonds is 6. The van der Waals surface area contributed by atoms with Gasteiger partial charge in [0.05, 0.1) is 16.2 Å². The standard InChI is InChI=1S/C23H23ClN6O3S/c1-5-14(6-2)22-27-29-20(25)17(21(31)26-23(29)34-22)10-15-9-12(3)28(13(15)4)16-7-8-18(24)19(11-16)30(32)33/h7-11,14,25H,5-6H2,1-4H3/b17-10+,25-20?. The normalized spacial score (nSPS) is 16.9. The van der Waals surface area contributed by atoms with E-state index in [2.05, 4.69) is 23.9 Å². The number of aliphatic imine (C=N–C) groups is 1. The van der Waals surface area contributed by atoms with E-state index in [1.807, 2.05) is 24.5 Å². The Bertz CT molecular complexity index is 1320. The summed E-state index contributed by atoms with van der Waals surface area (Å²) in [4.78, 5) is 27.8. The van der Waals surface area contributed by atoms with Crippen LogP contribution in [0.1, 0.15) is 43.6 Å². The number of halogens is 1. The molecule has 34 heavy (non-hydrogen) atoms. The summed E-state index contributed by atoms with van der Waals surface area (Å²) in [6.45, 7) is 7.88. The average molecular weight is 499 g/mol. The molecule has 4 rings (SSSR count). The Hall–Kier alpha value is -3.24. The topological polar surface area (TPSA) is 117 Å². The number of carbonyl (C=O) groups excluding carboxylic acids is 1. The first kappa shape index (κ1) is 23.9. The molecule has 11 heteroatoms. The van der Waals surface area contributed by atoms with Gasteiger partial charge in [0.15, 0.2) is 5.84 Å². The number of aromatic nitrogens is 1. The quantitative estimate of drug-likeness (QED) is 0.311. The predicted octanol–water partition coefficient (Wildman–Crippen LogP) is 5.71. The van der Waals surface area contributed by atoms with Crippen LogP contribution in [0.25, 0.3) is 11.8 Å². The predicted molar refractivity (Wildman–Crippen MR) is 136 cm³/mol. The molecular weight excluding hydrogens is 476 g/mol. The monoisotopic (exact) mass is 498 g/mol. The first-order valence-corrected chi connectivity index (χ1v) is 12.0. The molecule has 0 radical (unpaired) electrons. The van der Waals surface area contributed by atoms with Crippen LogP contribution in [0, 0.1) is 35.3 Å². The van der Waals surface area contributed by atoms with E-state index in [1.54, 1.807) is 12.1 Å². The molecular formula is C23H23ClN6O3S. The van der Waals surface area contributed by atoms with Gasteiger partial charge in [-0.3, -0.25) is 20.3 Å². The summed E-state index contributed by atoms with van der Waals surface area (Å²) < 4.78 is 1.84. The lowest BCUT2D eigenvalue weighted by atomic mass is 10.1. The highest BCUT2D eigenvalue weighted by atomic mass is 35.5. The molecule has 0 spiro atoms. The number of thioether (sulfide) groups is 1. The highest BCUT2D eigenvalue weighted by molar-refractivity contribution is 8.27. The fourth-order valence-corrected chi connectivity index (χ4v) is 5.42. The third-order valence-corrected chi connectivity index (χ3v) is 7.35. The SMILES string of the molecule is CCC(CC)C1=NN2C(=N)/C(=C\c3cc(C)n(-c4ccc(Cl)c([N+](=O)[O-])c4)c3C)C(=O)N=C2S1. The van der Waals surface area contributed by atoms with Gasteiger partial charge in [0.2, 0.25) is 5.17 Å². The summed E-state index contributed by atoms with van der Waals surface area (Å²) in [5.41, 5.74) is 2.81. The molecule has 0 unspecified atom stereocenters. The van der Waals surface area contributed by atoms with E-state index in [-0.39, 0.29) is 28.0 Å². The van der Waals surface area contributed by atoms with Gasteiger partial charge in [0.1, 0.15) is 10.1 Å². The van der Waals surface area contributed by atoms with Gasteiger partial charge < -0.3 is 4.57 Å². The van der Waals surface area contributed by atoms with Crippen molar-refractivity contribution in [2.75, 3.05) is 0 Å². The van der Waals surface area contributed by atoms with Crippen molar-refractivity contribution in [2.24, 2.45) is 16.0 Å². The second kappa shape index (κ2) is 9.19. The van der Waals surface area contributed by atoms with Crippen LogP contribution in [0.2, 0.25) is 5.02 Å². The minimum absolute atomic E-state index is 0.0182. The first-order valence-electron chi connectivity index (χ1n) is 10.8. The number of carbonyl (C=O) groups is 1. The molecule has 9 nitrogen and oxygen atoms in total. The lowest BCUT2D eigenvalue weighted by Gasteiger charge is -2.20. The molecule has 1 amide bonds. The lowest BCUT2D eigenvalue weighted by Crippen LogP contribution is -2.35. The van der Waals surface area contributed by atoms with Crippen LogP contribution in [0.5, 0.6) is 0 Å². The van der Waals surface area contributed by atoms with Crippen LogP contribution < -0.4 is 0 Å². The number of nitrogens with one attached hydrogen (secondary N) is 1. The van der Waals surface area contributed by atoms with Crippen LogP contribution in [0.4, 0.5) is 5.69 Å². The van der Waals surface area contributed by atoms with E-state index in [0.29, 0.717) is 16.4 Å². The summed E-state index contributed by atoms with van der Waals surface area (Å²) in [7, 11) is 0. The summed E-state index contributed by atoms with van der Waals surface area (Å²) in [5, 5.41) is 27.3. The summed E-state index contributed by atoms with van der Waals surface area (Å²) >= 11 is 7.31. The maximum absolute atomic E-state index is 12.8. The van der Waals surface area contributed by atoms with Crippen molar-refractivity contribution in [3.05, 3.63) is 61.9 Å². The number of aryl methyl sites for hydroxylation is 1. The van der Waals surface area contributed by atoms with Crippen LogP contribution in [0.15, 0.2) is 39.9 Å². The van der Waals surface area contributed by atoms with Crippen molar-refractivity contribution in [3.63, 3.8) is 0 Å². The number of nitro benzene ring substituents is 1. The third-order valence-electron chi connectivity index (χ3n) is 5.96. The van der Waals surface area contributed by atoms with Gasteiger partial charge in [0.25, 0.3) is 11.6 Å². The molecule has 1 aromatic carbocycles. The number of hydrogen-bond acceptors (Lipinski definition) is 6. The Labute approximate surface area is 205 Å². The number of fused-ring (bicyclic) bond motifs is 1. The van der Waals surface area contributed by atoms with Crippen LogP contribution in [-0.2, 0) is 4.79 Å². The second-order valence-corrected chi connectivity index (χ2v) is 9.42. The summed E-state index contributed by atoms with van der Waals surface area (Å²) in [6, 6.07) is 6.47. The average Bonchev–Trinajstić information content (AvgIpc) is 3.33. The summed E-state index contributed by atoms with van der Waals surface area (Å²) in [5.74, 6) is -0.247. The number of nitro groups is 1. The minimum atomic E-state index is -0.523. The van der Waals surface area contributed by atoms with Gasteiger partial charge in [-0.15, -0.1) is 0 Å². The molecule has 0 atom stereocenters. The van der Waals surface area contributed by atoms with E-state index in [4.69, 9.17) is 17.0 Å². The highest BCUT2D eigenvalue weighted by Gasteiger charge is 2.37. The van der Waals surface area contributed by atoms with E-state index < -0.39 is 10.8 Å². The van der Waals surface area contributed by atoms with Crippen molar-refractivity contribution < 1.29 is 9.72 Å². The zero-order valence-electron chi connectivity index (χ0n) is 19.1. The zero-order chi connectivity index (χ0) is 24.7. The molecule has 1 aromatic heterocycles. The van der Waals surface area contributed by atoms with Gasteiger partial charge >= 0.3 is 0 Å². The number of hydrogen-bond donors (Lipinski definition) is 1. The molecule has 3 heterocycles. The Morgan fingerprint density at radius 3 is 2.62 bits per heavy atom. The number of amidine groups is 2. The molecule has 2 aromatic rings. The van der Waals surface area contributed by atoms with Crippen molar-refractivity contribution >= 4 is 57.1 Å². The summed E-state index contributed by atoms with van der Waals surface area (Å²) in [6.07, 6.45) is 3.47. The highest BCUT2D eigenvalue weighted by Crippen LogP contribution is 2.34. The van der Waals surface area contributed by atoms with Crippen molar-refractivity contribution in [1.29, 1.82) is 5.41 Å². The van der Waals surface area contributed by atoms with Gasteiger partial charge in [-0.2, -0.15) is 15.1 Å². The Kier molecular flexibility index (Phi) is 6.46. The van der Waals surface area contributed by atoms with Crippen molar-refractivity contribution in [3.8, 4) is 5.69 Å². The van der Waals surface area contributed by atoms with Crippen LogP contribution in [-0.4, -0.2) is 36.5 Å². The van der Waals surface area contributed by atoms with Gasteiger partial charge in [-0.1, -0.05) is 25.4 Å². The third kappa shape index (κ3) is 4.07. The molecule has 2 aliphatic rings. The maximum atomic E-state index is 12.8. The molecule has 1 N–H and O–H groups in total. The number of amides is 1. The first-order chi connectivity index (χ1) is 16.2. The van der Waals surface area contributed by atoms with E-state index in [0.717, 1.165) is 29.3 Å². The van der Waals surface area contributed by atoms with Crippen molar-refractivity contribution in [2.45, 2.75) is 40.5 Å². The lowest BCUT2D eigenvalue weighted by molar-refractivity contribution is -0.384. The zero-order valence-corrected chi connectivity index (χ0v) is 20.7. The van der Waals surface area contributed by atoms with Crippen LogP contribution in [0.3, 0.4) is 0 Å². The molecule has 0 saturated carbocycles. The van der Waals surface area contributed by atoms with Gasteiger partial charge in [-0.05, 0) is 68.3 Å². The second-order valence-electron chi connectivity index (χ2n) is 8.03. The van der Waals surface area contributed by atoms with E-state index in [1.165, 1.54) is 28.9 Å². The minimum Gasteiger partial charge on any atom is -0.318 e. The number of nitrogens with zero attached hydrogens (tertiary/aromatic N) is 5. The van der Waals surface area contributed by atoms with Gasteiger partial charge in [-0.25, -0.2) is 0 Å². The van der Waals surface area contributed by atoms with E-state index >= 15 is 0 Å². The molecule has 0 bridgehead atoms. The molecule has 0 saturated heterocycles. The smallest absolute Gasteiger partial charge is 0.289 e. The Morgan fingerprint density at radius 2 is 1.97 bits per heavy atom. The largest absolute Gasteiger partial charge is 0.318 e. The maximum Gasteiger partial charge on any atom is 0.289 e. The van der Waals surface area contributed by atoms with Gasteiger partial charge in [0, 0.05) is 23.4 Å². The number of benzene rings is 1. The van der Waals surface area contributed by atoms with Crippen molar-refractivity contribution in [1.82, 2.24) is 9.58 Å².